The van der Waals surface area contributed by atoms with Gasteiger partial charge < -0.3 is 23.6 Å². The monoisotopic (exact) mass is 717 g/mol. The quantitative estimate of drug-likeness (QED) is 0.132. The van der Waals surface area contributed by atoms with E-state index in [2.05, 4.69) is 10.3 Å². The van der Waals surface area contributed by atoms with Crippen LogP contribution in [0.1, 0.15) is 46.4 Å². The molecule has 12 heteroatoms. The summed E-state index contributed by atoms with van der Waals surface area (Å²) in [5.41, 5.74) is 2.36. The predicted octanol–water partition coefficient (Wildman–Crippen LogP) is 7.33. The summed E-state index contributed by atoms with van der Waals surface area (Å²) >= 11 is 0. The highest BCUT2D eigenvalue weighted by molar-refractivity contribution is 6.72. The van der Waals surface area contributed by atoms with E-state index in [0.29, 0.717) is 58.3 Å². The highest BCUT2D eigenvalue weighted by atomic mass is 28.4. The normalized spacial score (nSPS) is 22.9. The predicted molar refractivity (Wildman–Crippen MR) is 197 cm³/mol. The number of aromatic nitrogens is 3. The van der Waals surface area contributed by atoms with Crippen molar-refractivity contribution < 1.29 is 28.3 Å². The lowest BCUT2D eigenvalue weighted by molar-refractivity contribution is -0.145. The van der Waals surface area contributed by atoms with Crippen molar-refractivity contribution in [3.63, 3.8) is 0 Å². The van der Waals surface area contributed by atoms with Gasteiger partial charge in [0.25, 0.3) is 11.8 Å². The van der Waals surface area contributed by atoms with Crippen molar-refractivity contribution in [2.24, 2.45) is 5.92 Å². The summed E-state index contributed by atoms with van der Waals surface area (Å²) in [6, 6.07) is 29.6. The largest absolute Gasteiger partial charge is 0.454 e. The van der Waals surface area contributed by atoms with Crippen LogP contribution < -0.4 is 14.5 Å². The van der Waals surface area contributed by atoms with Crippen molar-refractivity contribution in [1.82, 2.24) is 15.0 Å². The number of amides is 2. The lowest BCUT2D eigenvalue weighted by Crippen LogP contribution is -2.44. The number of anilines is 3. The van der Waals surface area contributed by atoms with Crippen molar-refractivity contribution >= 4 is 37.3 Å². The number of benzene rings is 4. The first kappa shape index (κ1) is 33.9. The molecule has 8 rings (SSSR count). The van der Waals surface area contributed by atoms with Gasteiger partial charge in [0.1, 0.15) is 5.75 Å². The third kappa shape index (κ3) is 5.35. The Kier molecular flexibility index (Phi) is 8.35. The number of halogens is 1. The molecule has 1 spiro atoms. The number of aliphatic hydroxyl groups is 1. The van der Waals surface area contributed by atoms with Crippen LogP contribution in [0.3, 0.4) is 0 Å². The molecule has 1 unspecified atom stereocenters. The number of likely N-dealkylation sites (N-methyl/N-ethyl adjacent to an activating group) is 1. The van der Waals surface area contributed by atoms with E-state index in [-0.39, 0.29) is 24.3 Å². The smallest absolute Gasteiger partial charge is 0.266 e. The standard InChI is InChI=1S/C40H40FN5O5Si/c1-25-37(52(3,4)41)36(20-21-45-23-31(42-43-45)29(24-47)26-12-6-5-7-13-26)51-40(25)30-22-27(18-19-32(30)44(2)39(40)49)46-33-15-9-11-17-35(33)50-34-16-10-8-14-28(34)38(46)48/h5-19,22-23,25,29,36-37,47H,20-21,24H2,1-4H3/t25-,29?,36+,37-,40+/m1/s1. The van der Waals surface area contributed by atoms with Gasteiger partial charge in [-0.2, -0.15) is 0 Å². The molecule has 266 valence electrons. The first-order chi connectivity index (χ1) is 25.0. The molecule has 1 fully saturated rings. The van der Waals surface area contributed by atoms with Gasteiger partial charge in [-0.25, -0.2) is 0 Å². The zero-order valence-corrected chi connectivity index (χ0v) is 30.4. The molecule has 0 radical (unpaired) electrons. The number of hydrogen-bond acceptors (Lipinski definition) is 7. The minimum absolute atomic E-state index is 0.122. The lowest BCUT2D eigenvalue weighted by Gasteiger charge is -2.31. The third-order valence-corrected chi connectivity index (χ3v) is 13.4. The van der Waals surface area contributed by atoms with Crippen LogP contribution in [-0.2, 0) is 21.7 Å². The van der Waals surface area contributed by atoms with Crippen molar-refractivity contribution in [2.45, 2.75) is 56.1 Å². The average molecular weight is 718 g/mol. The molecule has 1 N–H and O–H groups in total. The van der Waals surface area contributed by atoms with E-state index in [9.17, 15) is 14.7 Å². The molecule has 52 heavy (non-hydrogen) atoms. The second-order valence-corrected chi connectivity index (χ2v) is 18.2. The number of ether oxygens (including phenoxy) is 2. The Hall–Kier alpha value is -5.17. The van der Waals surface area contributed by atoms with Crippen LogP contribution in [-0.4, -0.2) is 60.1 Å². The highest BCUT2D eigenvalue weighted by Crippen LogP contribution is 2.60. The molecule has 5 atom stereocenters. The summed E-state index contributed by atoms with van der Waals surface area (Å²) in [5.74, 6) is -0.393. The lowest BCUT2D eigenvalue weighted by atomic mass is 9.82. The van der Waals surface area contributed by atoms with Crippen LogP contribution >= 0.6 is 0 Å². The number of hydrogen-bond donors (Lipinski definition) is 1. The van der Waals surface area contributed by atoms with Gasteiger partial charge in [0.15, 0.2) is 11.4 Å². The number of para-hydroxylation sites is 3. The Morgan fingerprint density at radius 3 is 2.40 bits per heavy atom. The molecule has 4 aromatic carbocycles. The third-order valence-electron chi connectivity index (χ3n) is 10.9. The topological polar surface area (TPSA) is 110 Å². The fraction of sp³-hybridized carbons (Fsp3) is 0.300. The van der Waals surface area contributed by atoms with Crippen molar-refractivity contribution in [3.8, 4) is 11.5 Å². The van der Waals surface area contributed by atoms with Gasteiger partial charge in [0.2, 0.25) is 8.41 Å². The van der Waals surface area contributed by atoms with Gasteiger partial charge in [-0.1, -0.05) is 66.7 Å². The first-order valence-corrected chi connectivity index (χ1v) is 20.5. The number of carbonyl (C=O) groups is 2. The first-order valence-electron chi connectivity index (χ1n) is 17.6. The summed E-state index contributed by atoms with van der Waals surface area (Å²) < 4.78 is 31.3. The summed E-state index contributed by atoms with van der Waals surface area (Å²) in [5, 5.41) is 18.9. The molecule has 1 saturated heterocycles. The number of nitrogens with zero attached hydrogens (tertiary/aromatic N) is 5. The molecule has 5 aromatic rings. The van der Waals surface area contributed by atoms with Gasteiger partial charge >= 0.3 is 0 Å². The van der Waals surface area contributed by atoms with E-state index in [1.807, 2.05) is 92.0 Å². The second kappa shape index (κ2) is 12.8. The number of carbonyl (C=O) groups excluding carboxylic acids is 2. The van der Waals surface area contributed by atoms with Crippen molar-refractivity contribution in [3.05, 3.63) is 126 Å². The van der Waals surface area contributed by atoms with Gasteiger partial charge in [-0.05, 0) is 67.5 Å². The van der Waals surface area contributed by atoms with Crippen LogP contribution in [0.2, 0.25) is 18.6 Å². The van der Waals surface area contributed by atoms with Crippen LogP contribution in [0.15, 0.2) is 103 Å². The Labute approximate surface area is 302 Å². The molecule has 2 amide bonds. The number of fused-ring (bicyclic) bond motifs is 4. The number of rotatable bonds is 8. The SMILES string of the molecule is C[C@@H]1[C@@H]([Si](C)(C)F)[C@H](CCn2cc(C(CO)c3ccccc3)nn2)O[C@@]12C(=O)N(C)c1ccc(N3C(=O)c4ccccc4Oc4ccccc43)cc12. The van der Waals surface area contributed by atoms with Crippen LogP contribution in [0.5, 0.6) is 11.5 Å². The van der Waals surface area contributed by atoms with E-state index in [0.717, 1.165) is 5.56 Å². The zero-order valence-electron chi connectivity index (χ0n) is 29.4. The molecule has 4 heterocycles. The van der Waals surface area contributed by atoms with Gasteiger partial charge in [0.05, 0.1) is 41.3 Å². The molecule has 0 saturated carbocycles. The molecular weight excluding hydrogens is 678 g/mol. The minimum atomic E-state index is -3.42. The maximum absolute atomic E-state index is 16.5. The molecule has 0 bridgehead atoms. The average Bonchev–Trinajstić information content (AvgIpc) is 3.76. The van der Waals surface area contributed by atoms with Crippen LogP contribution in [0.25, 0.3) is 0 Å². The van der Waals surface area contributed by atoms with Crippen LogP contribution in [0, 0.1) is 5.92 Å². The maximum atomic E-state index is 16.5. The molecule has 10 nitrogen and oxygen atoms in total. The van der Waals surface area contributed by atoms with E-state index >= 15 is 4.11 Å². The highest BCUT2D eigenvalue weighted by Gasteiger charge is 2.66. The van der Waals surface area contributed by atoms with E-state index < -0.39 is 31.6 Å². The molecule has 3 aliphatic heterocycles. The maximum Gasteiger partial charge on any atom is 0.266 e. The molecule has 0 aliphatic carbocycles. The van der Waals surface area contributed by atoms with Gasteiger partial charge in [0, 0.05) is 42.5 Å². The van der Waals surface area contributed by atoms with Crippen molar-refractivity contribution in [2.75, 3.05) is 23.5 Å². The Bertz CT molecular complexity index is 2170. The second-order valence-electron chi connectivity index (χ2n) is 14.4. The minimum Gasteiger partial charge on any atom is -0.454 e. The summed E-state index contributed by atoms with van der Waals surface area (Å²) in [4.78, 5) is 31.9. The Morgan fingerprint density at radius 1 is 0.942 bits per heavy atom. The number of aryl methyl sites for hydroxylation is 1. The molecule has 1 aromatic heterocycles. The van der Waals surface area contributed by atoms with Gasteiger partial charge in [-0.15, -0.1) is 5.10 Å². The van der Waals surface area contributed by atoms with Crippen LogP contribution in [0.4, 0.5) is 21.2 Å². The fourth-order valence-corrected chi connectivity index (χ4v) is 11.1. The number of aliphatic hydroxyl groups excluding tert-OH is 1. The Morgan fingerprint density at radius 2 is 1.65 bits per heavy atom. The molecule has 3 aliphatic rings. The van der Waals surface area contributed by atoms with E-state index in [1.54, 1.807) is 52.8 Å². The fourth-order valence-electron chi connectivity index (χ4n) is 8.51. The summed E-state index contributed by atoms with van der Waals surface area (Å²) in [7, 11) is -1.71. The Balaban J connectivity index is 1.15. The van der Waals surface area contributed by atoms with Crippen molar-refractivity contribution in [1.29, 1.82) is 0 Å². The summed E-state index contributed by atoms with van der Waals surface area (Å²) in [6.07, 6.45) is 1.61. The van der Waals surface area contributed by atoms with E-state index in [4.69, 9.17) is 9.47 Å². The zero-order chi connectivity index (χ0) is 36.4. The molecular formula is C40H40FN5O5Si. The summed E-state index contributed by atoms with van der Waals surface area (Å²) in [6.45, 7) is 5.52. The van der Waals surface area contributed by atoms with Gasteiger partial charge in [-0.3, -0.25) is 19.2 Å². The van der Waals surface area contributed by atoms with E-state index in [1.165, 1.54) is 0 Å².